The van der Waals surface area contributed by atoms with Gasteiger partial charge < -0.3 is 14.2 Å². The van der Waals surface area contributed by atoms with E-state index in [4.69, 9.17) is 14.2 Å². The van der Waals surface area contributed by atoms with Crippen molar-refractivity contribution in [3.05, 3.63) is 54.1 Å². The van der Waals surface area contributed by atoms with Crippen LogP contribution < -0.4 is 9.47 Å². The Bertz CT molecular complexity index is 847. The van der Waals surface area contributed by atoms with Gasteiger partial charge in [-0.25, -0.2) is 8.42 Å². The van der Waals surface area contributed by atoms with Crippen molar-refractivity contribution in [2.75, 3.05) is 26.8 Å². The van der Waals surface area contributed by atoms with Gasteiger partial charge in [-0.1, -0.05) is 12.1 Å². The minimum Gasteiger partial charge on any atom is -0.497 e. The van der Waals surface area contributed by atoms with Gasteiger partial charge in [-0.15, -0.1) is 0 Å². The molecule has 0 saturated carbocycles. The number of benzene rings is 2. The van der Waals surface area contributed by atoms with Crippen LogP contribution in [0, 0.1) is 0 Å². The molecule has 27 heavy (non-hydrogen) atoms. The summed E-state index contributed by atoms with van der Waals surface area (Å²) >= 11 is 0. The quantitative estimate of drug-likeness (QED) is 0.756. The van der Waals surface area contributed by atoms with Gasteiger partial charge in [-0.3, -0.25) is 0 Å². The number of hydrogen-bond acceptors (Lipinski definition) is 5. The summed E-state index contributed by atoms with van der Waals surface area (Å²) < 4.78 is 44.0. The largest absolute Gasteiger partial charge is 0.497 e. The van der Waals surface area contributed by atoms with Crippen molar-refractivity contribution in [3.8, 4) is 11.5 Å². The van der Waals surface area contributed by atoms with E-state index in [2.05, 4.69) is 0 Å². The van der Waals surface area contributed by atoms with Crippen molar-refractivity contribution in [1.29, 1.82) is 0 Å². The van der Waals surface area contributed by atoms with E-state index in [9.17, 15) is 8.42 Å². The first-order valence-corrected chi connectivity index (χ1v) is 10.4. The first-order chi connectivity index (χ1) is 12.9. The molecule has 1 aliphatic rings. The standard InChI is InChI=1S/C20H25NO5S/c1-15(2)26-18-8-10-19(11-9-18)27(22,23)21-12-13-25-20(14-21)16-4-6-17(24-3)7-5-16/h4-11,15,20H,12-14H2,1-3H3. The van der Waals surface area contributed by atoms with Crippen molar-refractivity contribution in [3.63, 3.8) is 0 Å². The molecule has 1 fully saturated rings. The highest BCUT2D eigenvalue weighted by atomic mass is 32.2. The number of ether oxygens (including phenoxy) is 3. The molecule has 1 unspecified atom stereocenters. The van der Waals surface area contributed by atoms with E-state index in [1.807, 2.05) is 38.1 Å². The summed E-state index contributed by atoms with van der Waals surface area (Å²) in [6, 6.07) is 14.0. The molecule has 0 aromatic heterocycles. The van der Waals surface area contributed by atoms with Gasteiger partial charge in [-0.2, -0.15) is 4.31 Å². The fourth-order valence-electron chi connectivity index (χ4n) is 2.98. The molecule has 1 atom stereocenters. The maximum absolute atomic E-state index is 13.0. The van der Waals surface area contributed by atoms with Gasteiger partial charge in [0.1, 0.15) is 11.5 Å². The Hall–Kier alpha value is -2.09. The molecule has 6 nitrogen and oxygen atoms in total. The van der Waals surface area contributed by atoms with Crippen molar-refractivity contribution < 1.29 is 22.6 Å². The Morgan fingerprint density at radius 3 is 2.26 bits per heavy atom. The van der Waals surface area contributed by atoms with E-state index >= 15 is 0 Å². The zero-order valence-electron chi connectivity index (χ0n) is 15.8. The van der Waals surface area contributed by atoms with E-state index in [1.165, 1.54) is 4.31 Å². The van der Waals surface area contributed by atoms with Crippen molar-refractivity contribution >= 4 is 10.0 Å². The summed E-state index contributed by atoms with van der Waals surface area (Å²) in [6.07, 6.45) is -0.264. The molecule has 146 valence electrons. The third-order valence-corrected chi connectivity index (χ3v) is 6.23. The lowest BCUT2D eigenvalue weighted by atomic mass is 10.1. The molecular formula is C20H25NO5S. The van der Waals surface area contributed by atoms with E-state index in [-0.39, 0.29) is 23.6 Å². The third kappa shape index (κ3) is 4.61. The molecule has 0 radical (unpaired) electrons. The summed E-state index contributed by atoms with van der Waals surface area (Å²) in [6.45, 7) is 4.82. The van der Waals surface area contributed by atoms with Crippen LogP contribution in [0.15, 0.2) is 53.4 Å². The molecule has 0 aliphatic carbocycles. The topological polar surface area (TPSA) is 65.1 Å². The molecule has 1 heterocycles. The molecular weight excluding hydrogens is 366 g/mol. The lowest BCUT2D eigenvalue weighted by Crippen LogP contribution is -2.42. The van der Waals surface area contributed by atoms with E-state index in [0.717, 1.165) is 11.3 Å². The maximum atomic E-state index is 13.0. The first kappa shape index (κ1) is 19.7. The van der Waals surface area contributed by atoms with E-state index in [1.54, 1.807) is 31.4 Å². The zero-order valence-corrected chi connectivity index (χ0v) is 16.6. The fourth-order valence-corrected chi connectivity index (χ4v) is 4.40. The van der Waals surface area contributed by atoms with Crippen LogP contribution in [-0.4, -0.2) is 45.6 Å². The predicted octanol–water partition coefficient (Wildman–Crippen LogP) is 3.24. The minimum atomic E-state index is -3.59. The average molecular weight is 391 g/mol. The summed E-state index contributed by atoms with van der Waals surface area (Å²) in [7, 11) is -1.98. The average Bonchev–Trinajstić information content (AvgIpc) is 2.68. The molecule has 3 rings (SSSR count). The normalized spacial score (nSPS) is 18.4. The fraction of sp³-hybridized carbons (Fsp3) is 0.400. The predicted molar refractivity (Wildman–Crippen MR) is 103 cm³/mol. The summed E-state index contributed by atoms with van der Waals surface area (Å²) in [5, 5.41) is 0. The molecule has 1 saturated heterocycles. The maximum Gasteiger partial charge on any atom is 0.243 e. The van der Waals surface area contributed by atoms with Gasteiger partial charge in [0.05, 0.1) is 30.8 Å². The van der Waals surface area contributed by atoms with Crippen LogP contribution in [0.1, 0.15) is 25.5 Å². The number of methoxy groups -OCH3 is 1. The number of rotatable bonds is 6. The van der Waals surface area contributed by atoms with Gasteiger partial charge in [0.2, 0.25) is 10.0 Å². The van der Waals surface area contributed by atoms with Crippen LogP contribution in [0.4, 0.5) is 0 Å². The third-order valence-electron chi connectivity index (χ3n) is 4.35. The second-order valence-electron chi connectivity index (χ2n) is 6.63. The Morgan fingerprint density at radius 1 is 1.04 bits per heavy atom. The SMILES string of the molecule is COc1ccc(C2CN(S(=O)(=O)c3ccc(OC(C)C)cc3)CCO2)cc1. The molecule has 2 aromatic rings. The molecule has 2 aromatic carbocycles. The Balaban J connectivity index is 1.75. The summed E-state index contributed by atoms with van der Waals surface area (Å²) in [5.41, 5.74) is 0.927. The van der Waals surface area contributed by atoms with Gasteiger partial charge in [0, 0.05) is 13.1 Å². The lowest BCUT2D eigenvalue weighted by Gasteiger charge is -2.32. The summed E-state index contributed by atoms with van der Waals surface area (Å²) in [4.78, 5) is 0.258. The van der Waals surface area contributed by atoms with Crippen LogP contribution in [0.3, 0.4) is 0 Å². The van der Waals surface area contributed by atoms with Crippen LogP contribution in [-0.2, 0) is 14.8 Å². The van der Waals surface area contributed by atoms with Crippen LogP contribution in [0.5, 0.6) is 11.5 Å². The monoisotopic (exact) mass is 391 g/mol. The Kier molecular flexibility index (Phi) is 6.04. The lowest BCUT2D eigenvalue weighted by molar-refractivity contribution is -0.00257. The highest BCUT2D eigenvalue weighted by Crippen LogP contribution is 2.28. The van der Waals surface area contributed by atoms with Crippen LogP contribution in [0.25, 0.3) is 0 Å². The van der Waals surface area contributed by atoms with Crippen LogP contribution in [0.2, 0.25) is 0 Å². The molecule has 0 spiro atoms. The van der Waals surface area contributed by atoms with E-state index < -0.39 is 10.0 Å². The highest BCUT2D eigenvalue weighted by Gasteiger charge is 2.31. The molecule has 1 aliphatic heterocycles. The smallest absolute Gasteiger partial charge is 0.243 e. The second kappa shape index (κ2) is 8.29. The van der Waals surface area contributed by atoms with Crippen molar-refractivity contribution in [1.82, 2.24) is 4.31 Å². The second-order valence-corrected chi connectivity index (χ2v) is 8.57. The number of nitrogens with zero attached hydrogens (tertiary/aromatic N) is 1. The Labute approximate surface area is 160 Å². The van der Waals surface area contributed by atoms with Gasteiger partial charge in [0.25, 0.3) is 0 Å². The molecule has 0 amide bonds. The number of morpholine rings is 1. The van der Waals surface area contributed by atoms with Gasteiger partial charge in [0.15, 0.2) is 0 Å². The molecule has 0 bridgehead atoms. The highest BCUT2D eigenvalue weighted by molar-refractivity contribution is 7.89. The van der Waals surface area contributed by atoms with Gasteiger partial charge in [-0.05, 0) is 55.8 Å². The molecule has 7 heteroatoms. The van der Waals surface area contributed by atoms with Crippen LogP contribution >= 0.6 is 0 Å². The summed E-state index contributed by atoms with van der Waals surface area (Å²) in [5.74, 6) is 1.41. The van der Waals surface area contributed by atoms with Crippen molar-refractivity contribution in [2.45, 2.75) is 31.0 Å². The zero-order chi connectivity index (χ0) is 19.4. The van der Waals surface area contributed by atoms with E-state index in [0.29, 0.717) is 18.9 Å². The number of sulfonamides is 1. The van der Waals surface area contributed by atoms with Crippen molar-refractivity contribution in [2.24, 2.45) is 0 Å². The minimum absolute atomic E-state index is 0.0388. The molecule has 0 N–H and O–H groups in total. The Morgan fingerprint density at radius 2 is 1.67 bits per heavy atom. The first-order valence-electron chi connectivity index (χ1n) is 8.92. The van der Waals surface area contributed by atoms with Gasteiger partial charge >= 0.3 is 0 Å². The number of hydrogen-bond donors (Lipinski definition) is 0.